The number of aryl methyl sites for hydroxylation is 1. The highest BCUT2D eigenvalue weighted by atomic mass is 19.1. The van der Waals surface area contributed by atoms with Gasteiger partial charge in [0.05, 0.1) is 18.8 Å². The van der Waals surface area contributed by atoms with E-state index in [1.165, 1.54) is 6.07 Å². The predicted molar refractivity (Wildman–Crippen MR) is 70.6 cm³/mol. The van der Waals surface area contributed by atoms with Crippen molar-refractivity contribution < 1.29 is 9.13 Å². The predicted octanol–water partition coefficient (Wildman–Crippen LogP) is 2.24. The third-order valence-electron chi connectivity index (χ3n) is 2.97. The number of methoxy groups -OCH3 is 1. The fourth-order valence-electron chi connectivity index (χ4n) is 1.93. The van der Waals surface area contributed by atoms with E-state index in [1.54, 1.807) is 26.2 Å². The highest BCUT2D eigenvalue weighted by Gasteiger charge is 2.15. The Labute approximate surface area is 111 Å². The molecule has 1 atom stereocenters. The zero-order valence-electron chi connectivity index (χ0n) is 11.1. The molecule has 5 heteroatoms. The van der Waals surface area contributed by atoms with Crippen LogP contribution in [-0.2, 0) is 0 Å². The Morgan fingerprint density at radius 3 is 2.53 bits per heavy atom. The van der Waals surface area contributed by atoms with Gasteiger partial charge in [-0.15, -0.1) is 10.2 Å². The van der Waals surface area contributed by atoms with Gasteiger partial charge in [-0.25, -0.2) is 4.39 Å². The number of nitrogens with zero attached hydrogens (tertiary/aromatic N) is 2. The maximum Gasteiger partial charge on any atom is 0.233 e. The normalized spacial score (nSPS) is 12.2. The van der Waals surface area contributed by atoms with E-state index in [1.807, 2.05) is 19.2 Å². The van der Waals surface area contributed by atoms with Gasteiger partial charge >= 0.3 is 0 Å². The lowest BCUT2D eigenvalue weighted by molar-refractivity contribution is 0.390. The van der Waals surface area contributed by atoms with E-state index in [0.717, 1.165) is 11.3 Å². The molecule has 2 rings (SSSR count). The Kier molecular flexibility index (Phi) is 4.06. The largest absolute Gasteiger partial charge is 0.480 e. The number of benzene rings is 1. The molecule has 100 valence electrons. The Morgan fingerprint density at radius 1 is 1.21 bits per heavy atom. The smallest absolute Gasteiger partial charge is 0.233 e. The first-order valence-electron chi connectivity index (χ1n) is 5.96. The number of nitrogens with one attached hydrogen (secondary N) is 1. The second-order valence-electron chi connectivity index (χ2n) is 4.23. The molecule has 0 amide bonds. The molecule has 1 unspecified atom stereocenters. The molecule has 0 bridgehead atoms. The molecule has 2 aromatic rings. The summed E-state index contributed by atoms with van der Waals surface area (Å²) in [5.41, 5.74) is 2.31. The number of hydrogen-bond donors (Lipinski definition) is 1. The van der Waals surface area contributed by atoms with E-state index in [0.29, 0.717) is 11.4 Å². The lowest BCUT2D eigenvalue weighted by Crippen LogP contribution is -2.19. The van der Waals surface area contributed by atoms with Crippen LogP contribution in [0.4, 0.5) is 4.39 Å². The molecule has 1 aromatic carbocycles. The van der Waals surface area contributed by atoms with Gasteiger partial charge in [-0.2, -0.15) is 0 Å². The van der Waals surface area contributed by atoms with Gasteiger partial charge in [-0.3, -0.25) is 0 Å². The monoisotopic (exact) mass is 261 g/mol. The molecule has 0 spiro atoms. The Balaban J connectivity index is 2.34. The zero-order chi connectivity index (χ0) is 13.8. The van der Waals surface area contributed by atoms with E-state index in [-0.39, 0.29) is 11.9 Å². The molecule has 19 heavy (non-hydrogen) atoms. The first-order valence-corrected chi connectivity index (χ1v) is 5.96. The summed E-state index contributed by atoms with van der Waals surface area (Å²) in [5.74, 6) is 0.258. The van der Waals surface area contributed by atoms with Gasteiger partial charge < -0.3 is 10.1 Å². The van der Waals surface area contributed by atoms with Gasteiger partial charge in [-0.05, 0) is 37.2 Å². The molecular formula is C14H16FN3O. The molecule has 1 N–H and O–H groups in total. The molecular weight excluding hydrogens is 245 g/mol. The molecule has 1 aromatic heterocycles. The van der Waals surface area contributed by atoms with E-state index in [4.69, 9.17) is 4.74 Å². The van der Waals surface area contributed by atoms with E-state index < -0.39 is 0 Å². The van der Waals surface area contributed by atoms with Crippen molar-refractivity contribution in [1.82, 2.24) is 15.5 Å². The molecule has 0 radical (unpaired) electrons. The molecule has 0 aliphatic carbocycles. The number of ether oxygens (including phenoxy) is 1. The van der Waals surface area contributed by atoms with Crippen LogP contribution in [0.2, 0.25) is 0 Å². The van der Waals surface area contributed by atoms with Crippen molar-refractivity contribution in [2.75, 3.05) is 14.2 Å². The quantitative estimate of drug-likeness (QED) is 0.917. The van der Waals surface area contributed by atoms with Crippen LogP contribution < -0.4 is 10.1 Å². The minimum Gasteiger partial charge on any atom is -0.480 e. The average molecular weight is 261 g/mol. The summed E-state index contributed by atoms with van der Waals surface area (Å²) >= 11 is 0. The molecule has 1 heterocycles. The summed E-state index contributed by atoms with van der Waals surface area (Å²) in [4.78, 5) is 0. The van der Waals surface area contributed by atoms with E-state index in [2.05, 4.69) is 15.5 Å². The SMILES string of the molecule is CNC(c1ccc(F)c(C)c1)c1ccc(OC)nn1. The highest BCUT2D eigenvalue weighted by Crippen LogP contribution is 2.22. The van der Waals surface area contributed by atoms with Gasteiger partial charge in [0.25, 0.3) is 0 Å². The van der Waals surface area contributed by atoms with Crippen molar-refractivity contribution in [2.24, 2.45) is 0 Å². The maximum atomic E-state index is 13.3. The fourth-order valence-corrected chi connectivity index (χ4v) is 1.93. The van der Waals surface area contributed by atoms with Gasteiger partial charge in [0.2, 0.25) is 5.88 Å². The van der Waals surface area contributed by atoms with Crippen LogP contribution in [0.15, 0.2) is 30.3 Å². The van der Waals surface area contributed by atoms with Crippen molar-refractivity contribution in [3.8, 4) is 5.88 Å². The van der Waals surface area contributed by atoms with Gasteiger partial charge in [0, 0.05) is 6.07 Å². The molecule has 4 nitrogen and oxygen atoms in total. The second-order valence-corrected chi connectivity index (χ2v) is 4.23. The van der Waals surface area contributed by atoms with Crippen molar-refractivity contribution >= 4 is 0 Å². The minimum absolute atomic E-state index is 0.127. The van der Waals surface area contributed by atoms with Crippen LogP contribution in [0.3, 0.4) is 0 Å². The van der Waals surface area contributed by atoms with Crippen LogP contribution >= 0.6 is 0 Å². The van der Waals surface area contributed by atoms with Crippen molar-refractivity contribution in [3.05, 3.63) is 53.0 Å². The van der Waals surface area contributed by atoms with Crippen molar-refractivity contribution in [3.63, 3.8) is 0 Å². The number of hydrogen-bond acceptors (Lipinski definition) is 4. The molecule has 0 aliphatic heterocycles. The first kappa shape index (κ1) is 13.4. The van der Waals surface area contributed by atoms with Crippen molar-refractivity contribution in [1.29, 1.82) is 0 Å². The van der Waals surface area contributed by atoms with E-state index in [9.17, 15) is 4.39 Å². The zero-order valence-corrected chi connectivity index (χ0v) is 11.1. The van der Waals surface area contributed by atoms with E-state index >= 15 is 0 Å². The lowest BCUT2D eigenvalue weighted by Gasteiger charge is -2.16. The summed E-state index contributed by atoms with van der Waals surface area (Å²) in [5, 5.41) is 11.2. The van der Waals surface area contributed by atoms with Gasteiger partial charge in [0.1, 0.15) is 5.82 Å². The minimum atomic E-state index is -0.209. The lowest BCUT2D eigenvalue weighted by atomic mass is 10.0. The first-order chi connectivity index (χ1) is 9.15. The Hall–Kier alpha value is -2.01. The third-order valence-corrected chi connectivity index (χ3v) is 2.97. The van der Waals surface area contributed by atoms with Crippen LogP contribution in [0.25, 0.3) is 0 Å². The number of halogens is 1. The van der Waals surface area contributed by atoms with Gasteiger partial charge in [-0.1, -0.05) is 12.1 Å². The molecule has 0 aliphatic rings. The summed E-state index contributed by atoms with van der Waals surface area (Å²) < 4.78 is 18.3. The van der Waals surface area contributed by atoms with Crippen molar-refractivity contribution in [2.45, 2.75) is 13.0 Å². The Bertz CT molecular complexity index is 557. The standard InChI is InChI=1S/C14H16FN3O/c1-9-8-10(4-5-11(9)15)14(16-2)12-6-7-13(19-3)18-17-12/h4-8,14,16H,1-3H3. The highest BCUT2D eigenvalue weighted by molar-refractivity contribution is 5.32. The topological polar surface area (TPSA) is 47.0 Å². The molecule has 0 saturated heterocycles. The fraction of sp³-hybridized carbons (Fsp3) is 0.286. The van der Waals surface area contributed by atoms with Crippen LogP contribution in [0.1, 0.15) is 22.9 Å². The summed E-state index contributed by atoms with van der Waals surface area (Å²) in [6, 6.07) is 8.48. The summed E-state index contributed by atoms with van der Waals surface area (Å²) in [6.45, 7) is 1.74. The third kappa shape index (κ3) is 2.88. The molecule has 0 fully saturated rings. The summed E-state index contributed by atoms with van der Waals surface area (Å²) in [7, 11) is 3.37. The van der Waals surface area contributed by atoms with Crippen LogP contribution in [0, 0.1) is 12.7 Å². The second kappa shape index (κ2) is 5.75. The Morgan fingerprint density at radius 2 is 2.00 bits per heavy atom. The summed E-state index contributed by atoms with van der Waals surface area (Å²) in [6.07, 6.45) is 0. The van der Waals surface area contributed by atoms with Gasteiger partial charge in [0.15, 0.2) is 0 Å². The number of rotatable bonds is 4. The number of aromatic nitrogens is 2. The van der Waals surface area contributed by atoms with Crippen LogP contribution in [0.5, 0.6) is 5.88 Å². The maximum absolute atomic E-state index is 13.3. The average Bonchev–Trinajstić information content (AvgIpc) is 2.44. The van der Waals surface area contributed by atoms with Crippen LogP contribution in [-0.4, -0.2) is 24.4 Å². The molecule has 0 saturated carbocycles.